The highest BCUT2D eigenvalue weighted by molar-refractivity contribution is 7.99. The van der Waals surface area contributed by atoms with Crippen LogP contribution in [0.2, 0.25) is 0 Å². The minimum absolute atomic E-state index is 0.0124. The lowest BCUT2D eigenvalue weighted by Gasteiger charge is -2.12. The van der Waals surface area contributed by atoms with Gasteiger partial charge in [-0.15, -0.1) is 0 Å². The van der Waals surface area contributed by atoms with Crippen molar-refractivity contribution in [1.82, 2.24) is 0 Å². The fourth-order valence-electron chi connectivity index (χ4n) is 2.07. The summed E-state index contributed by atoms with van der Waals surface area (Å²) in [4.78, 5) is 23.3. The number of hydrogen-bond acceptors (Lipinski definition) is 4. The zero-order valence-electron chi connectivity index (χ0n) is 13.7. The van der Waals surface area contributed by atoms with Gasteiger partial charge in [0.05, 0.1) is 17.9 Å². The SMILES string of the molecule is CC(=O)Nc1cc(NCC(=O)Nc2ccccc2SC(F)F)ccc1F. The van der Waals surface area contributed by atoms with Crippen molar-refractivity contribution in [3.8, 4) is 0 Å². The summed E-state index contributed by atoms with van der Waals surface area (Å²) in [6, 6.07) is 10.1. The maximum absolute atomic E-state index is 13.6. The highest BCUT2D eigenvalue weighted by Crippen LogP contribution is 2.31. The second kappa shape index (κ2) is 9.14. The van der Waals surface area contributed by atoms with E-state index in [-0.39, 0.29) is 22.8 Å². The van der Waals surface area contributed by atoms with Crippen LogP contribution in [0.1, 0.15) is 6.92 Å². The average molecular weight is 383 g/mol. The van der Waals surface area contributed by atoms with Crippen molar-refractivity contribution in [3.63, 3.8) is 0 Å². The van der Waals surface area contributed by atoms with Gasteiger partial charge in [0.1, 0.15) is 5.82 Å². The molecule has 0 aliphatic heterocycles. The molecule has 0 radical (unpaired) electrons. The average Bonchev–Trinajstić information content (AvgIpc) is 2.56. The smallest absolute Gasteiger partial charge is 0.288 e. The Labute approximate surface area is 152 Å². The van der Waals surface area contributed by atoms with Crippen LogP contribution in [0.5, 0.6) is 0 Å². The van der Waals surface area contributed by atoms with E-state index in [1.807, 2.05) is 0 Å². The molecule has 0 heterocycles. The first-order chi connectivity index (χ1) is 12.3. The first-order valence-corrected chi connectivity index (χ1v) is 8.38. The molecular weight excluding hydrogens is 367 g/mol. The second-order valence-electron chi connectivity index (χ2n) is 5.15. The molecule has 0 aliphatic rings. The first-order valence-electron chi connectivity index (χ1n) is 7.50. The molecule has 0 aromatic heterocycles. The molecule has 2 rings (SSSR count). The minimum Gasteiger partial charge on any atom is -0.376 e. The summed E-state index contributed by atoms with van der Waals surface area (Å²) in [5, 5.41) is 7.66. The van der Waals surface area contributed by atoms with Gasteiger partial charge in [0.25, 0.3) is 5.76 Å². The third-order valence-corrected chi connectivity index (χ3v) is 3.90. The molecule has 0 unspecified atom stereocenters. The minimum atomic E-state index is -2.60. The van der Waals surface area contributed by atoms with E-state index in [1.54, 1.807) is 12.1 Å². The van der Waals surface area contributed by atoms with Gasteiger partial charge in [-0.3, -0.25) is 9.59 Å². The van der Waals surface area contributed by atoms with Crippen molar-refractivity contribution < 1.29 is 22.8 Å². The van der Waals surface area contributed by atoms with E-state index in [1.165, 1.54) is 31.2 Å². The Morgan fingerprint density at radius 3 is 2.50 bits per heavy atom. The summed E-state index contributed by atoms with van der Waals surface area (Å²) in [6.07, 6.45) is 0. The molecule has 2 aromatic carbocycles. The number of benzene rings is 2. The van der Waals surface area contributed by atoms with Gasteiger partial charge in [-0.1, -0.05) is 23.9 Å². The number of amides is 2. The van der Waals surface area contributed by atoms with E-state index >= 15 is 0 Å². The van der Waals surface area contributed by atoms with Crippen molar-refractivity contribution in [3.05, 3.63) is 48.3 Å². The molecule has 2 aromatic rings. The maximum Gasteiger partial charge on any atom is 0.288 e. The lowest BCUT2D eigenvalue weighted by atomic mass is 10.2. The van der Waals surface area contributed by atoms with Crippen LogP contribution in [-0.4, -0.2) is 24.1 Å². The molecule has 0 saturated heterocycles. The monoisotopic (exact) mass is 383 g/mol. The Kier molecular flexibility index (Phi) is 6.90. The van der Waals surface area contributed by atoms with Gasteiger partial charge < -0.3 is 16.0 Å². The topological polar surface area (TPSA) is 70.2 Å². The summed E-state index contributed by atoms with van der Waals surface area (Å²) in [7, 11) is 0. The molecule has 0 bridgehead atoms. The Balaban J connectivity index is 1.98. The van der Waals surface area contributed by atoms with Gasteiger partial charge in [-0.2, -0.15) is 8.78 Å². The number of anilines is 3. The van der Waals surface area contributed by atoms with E-state index in [9.17, 15) is 22.8 Å². The largest absolute Gasteiger partial charge is 0.376 e. The third kappa shape index (κ3) is 5.99. The predicted molar refractivity (Wildman–Crippen MR) is 96.1 cm³/mol. The molecule has 0 saturated carbocycles. The van der Waals surface area contributed by atoms with Gasteiger partial charge in [-0.05, 0) is 30.3 Å². The summed E-state index contributed by atoms with van der Waals surface area (Å²) in [5.74, 6) is -4.09. The van der Waals surface area contributed by atoms with E-state index in [2.05, 4.69) is 16.0 Å². The summed E-state index contributed by atoms with van der Waals surface area (Å²) < 4.78 is 38.7. The standard InChI is InChI=1S/C17H16F3N3O2S/c1-10(24)22-14-8-11(6-7-12(14)18)21-9-16(25)23-13-4-2-3-5-15(13)26-17(19)20/h2-8,17,21H,9H2,1H3,(H,22,24)(H,23,25). The van der Waals surface area contributed by atoms with E-state index in [0.29, 0.717) is 17.4 Å². The number of halogens is 3. The van der Waals surface area contributed by atoms with Crippen molar-refractivity contribution in [2.45, 2.75) is 17.6 Å². The number of carbonyl (C=O) groups is 2. The Hall–Kier alpha value is -2.68. The number of carbonyl (C=O) groups excluding carboxylic acids is 2. The highest BCUT2D eigenvalue weighted by atomic mass is 32.2. The zero-order valence-corrected chi connectivity index (χ0v) is 14.5. The molecule has 138 valence electrons. The Bertz CT molecular complexity index is 803. The van der Waals surface area contributed by atoms with Crippen molar-refractivity contribution in [2.75, 3.05) is 22.5 Å². The van der Waals surface area contributed by atoms with Gasteiger partial charge in [0, 0.05) is 17.5 Å². The van der Waals surface area contributed by atoms with Gasteiger partial charge in [0.2, 0.25) is 11.8 Å². The maximum atomic E-state index is 13.6. The third-order valence-electron chi connectivity index (χ3n) is 3.11. The molecule has 0 atom stereocenters. The van der Waals surface area contributed by atoms with Crippen LogP contribution in [0, 0.1) is 5.82 Å². The lowest BCUT2D eigenvalue weighted by Crippen LogP contribution is -2.22. The fourth-order valence-corrected chi connectivity index (χ4v) is 2.66. The van der Waals surface area contributed by atoms with Crippen LogP contribution in [0.15, 0.2) is 47.4 Å². The van der Waals surface area contributed by atoms with Crippen LogP contribution >= 0.6 is 11.8 Å². The van der Waals surface area contributed by atoms with Gasteiger partial charge in [-0.25, -0.2) is 4.39 Å². The molecule has 0 aliphatic carbocycles. The second-order valence-corrected chi connectivity index (χ2v) is 6.18. The predicted octanol–water partition coefficient (Wildman–Crippen LogP) is 4.15. The fraction of sp³-hybridized carbons (Fsp3) is 0.176. The number of thioether (sulfide) groups is 1. The molecule has 0 spiro atoms. The van der Waals surface area contributed by atoms with Crippen LogP contribution in [0.4, 0.5) is 30.2 Å². The number of para-hydroxylation sites is 1. The van der Waals surface area contributed by atoms with Crippen LogP contribution in [-0.2, 0) is 9.59 Å². The number of nitrogens with one attached hydrogen (secondary N) is 3. The van der Waals surface area contributed by atoms with Crippen LogP contribution in [0.3, 0.4) is 0 Å². The van der Waals surface area contributed by atoms with Crippen LogP contribution < -0.4 is 16.0 Å². The first kappa shape index (κ1) is 19.6. The number of rotatable bonds is 7. The lowest BCUT2D eigenvalue weighted by molar-refractivity contribution is -0.115. The van der Waals surface area contributed by atoms with E-state index in [4.69, 9.17) is 0 Å². The van der Waals surface area contributed by atoms with Crippen molar-refractivity contribution in [2.24, 2.45) is 0 Å². The van der Waals surface area contributed by atoms with Crippen molar-refractivity contribution >= 4 is 40.6 Å². The molecule has 9 heteroatoms. The number of alkyl halides is 2. The summed E-state index contributed by atoms with van der Waals surface area (Å²) in [5.41, 5.74) is 0.685. The Morgan fingerprint density at radius 1 is 1.08 bits per heavy atom. The summed E-state index contributed by atoms with van der Waals surface area (Å²) >= 11 is 0.340. The molecule has 26 heavy (non-hydrogen) atoms. The van der Waals surface area contributed by atoms with Crippen molar-refractivity contribution in [1.29, 1.82) is 0 Å². The van der Waals surface area contributed by atoms with E-state index < -0.39 is 23.4 Å². The molecule has 5 nitrogen and oxygen atoms in total. The zero-order chi connectivity index (χ0) is 19.1. The number of hydrogen-bond donors (Lipinski definition) is 3. The quantitative estimate of drug-likeness (QED) is 0.628. The normalized spacial score (nSPS) is 10.5. The highest BCUT2D eigenvalue weighted by Gasteiger charge is 2.12. The van der Waals surface area contributed by atoms with Gasteiger partial charge >= 0.3 is 0 Å². The van der Waals surface area contributed by atoms with E-state index in [0.717, 1.165) is 6.07 Å². The van der Waals surface area contributed by atoms with Gasteiger partial charge in [0.15, 0.2) is 0 Å². The summed E-state index contributed by atoms with van der Waals surface area (Å²) in [6.45, 7) is 1.08. The molecule has 3 N–H and O–H groups in total. The molecule has 0 fully saturated rings. The Morgan fingerprint density at radius 2 is 1.81 bits per heavy atom. The molecular formula is C17H16F3N3O2S. The molecule has 2 amide bonds. The van der Waals surface area contributed by atoms with Crippen LogP contribution in [0.25, 0.3) is 0 Å².